The van der Waals surface area contributed by atoms with E-state index in [0.717, 1.165) is 22.8 Å². The van der Waals surface area contributed by atoms with E-state index in [1.54, 1.807) is 17.8 Å². The third-order valence-electron chi connectivity index (χ3n) is 1.99. The SMILES string of the molecule is CCSCC(C)NS(=O)(=O)c1ccc(CO)s1. The number of thiophene rings is 1. The van der Waals surface area contributed by atoms with Crippen LogP contribution in [0, 0.1) is 0 Å². The largest absolute Gasteiger partial charge is 0.391 e. The first-order valence-corrected chi connectivity index (χ1v) is 8.74. The van der Waals surface area contributed by atoms with Gasteiger partial charge in [0.2, 0.25) is 10.0 Å². The summed E-state index contributed by atoms with van der Waals surface area (Å²) in [6.45, 7) is 3.76. The molecule has 98 valence electrons. The molecular weight excluding hydrogens is 278 g/mol. The summed E-state index contributed by atoms with van der Waals surface area (Å²) in [5, 5.41) is 8.91. The summed E-state index contributed by atoms with van der Waals surface area (Å²) in [7, 11) is -3.44. The van der Waals surface area contributed by atoms with Crippen molar-refractivity contribution < 1.29 is 13.5 Å². The highest BCUT2D eigenvalue weighted by Gasteiger charge is 2.19. The van der Waals surface area contributed by atoms with Crippen LogP contribution in [0.15, 0.2) is 16.3 Å². The van der Waals surface area contributed by atoms with Crippen LogP contribution in [-0.4, -0.2) is 31.1 Å². The highest BCUT2D eigenvalue weighted by atomic mass is 32.2. The summed E-state index contributed by atoms with van der Waals surface area (Å²) >= 11 is 2.80. The smallest absolute Gasteiger partial charge is 0.250 e. The van der Waals surface area contributed by atoms with Crippen molar-refractivity contribution in [3.8, 4) is 0 Å². The number of sulfonamides is 1. The van der Waals surface area contributed by atoms with Crippen molar-refractivity contribution in [3.05, 3.63) is 17.0 Å². The number of hydrogen-bond donors (Lipinski definition) is 2. The van der Waals surface area contributed by atoms with Gasteiger partial charge < -0.3 is 5.11 Å². The maximum atomic E-state index is 11.9. The second-order valence-corrected chi connectivity index (χ2v) is 7.99. The minimum atomic E-state index is -3.44. The predicted octanol–water partition coefficient (Wildman–Crippen LogP) is 1.66. The molecule has 0 spiro atoms. The Balaban J connectivity index is 2.68. The summed E-state index contributed by atoms with van der Waals surface area (Å²) in [5.41, 5.74) is 0. The molecule has 0 fully saturated rings. The Morgan fingerprint density at radius 3 is 2.76 bits per heavy atom. The summed E-state index contributed by atoms with van der Waals surface area (Å²) in [4.78, 5) is 0.654. The van der Waals surface area contributed by atoms with E-state index in [2.05, 4.69) is 4.72 Å². The van der Waals surface area contributed by atoms with Gasteiger partial charge in [-0.15, -0.1) is 11.3 Å². The second-order valence-electron chi connectivity index (χ2n) is 3.56. The summed E-state index contributed by atoms with van der Waals surface area (Å²) in [6, 6.07) is 3.06. The van der Waals surface area contributed by atoms with E-state index in [0.29, 0.717) is 4.88 Å². The first-order valence-electron chi connectivity index (χ1n) is 5.29. The number of aliphatic hydroxyl groups is 1. The number of thioether (sulfide) groups is 1. The zero-order valence-electron chi connectivity index (χ0n) is 9.84. The van der Waals surface area contributed by atoms with Gasteiger partial charge in [0, 0.05) is 16.7 Å². The van der Waals surface area contributed by atoms with Gasteiger partial charge in [-0.05, 0) is 24.8 Å². The molecule has 1 rings (SSSR count). The number of aliphatic hydroxyl groups excluding tert-OH is 1. The van der Waals surface area contributed by atoms with Gasteiger partial charge >= 0.3 is 0 Å². The van der Waals surface area contributed by atoms with Crippen molar-refractivity contribution in [1.29, 1.82) is 0 Å². The Kier molecular flexibility index (Phi) is 5.94. The molecule has 7 heteroatoms. The zero-order chi connectivity index (χ0) is 12.9. The fourth-order valence-electron chi connectivity index (χ4n) is 1.24. The molecule has 1 unspecified atom stereocenters. The van der Waals surface area contributed by atoms with Gasteiger partial charge in [-0.1, -0.05) is 6.92 Å². The van der Waals surface area contributed by atoms with Gasteiger partial charge in [0.15, 0.2) is 0 Å². The van der Waals surface area contributed by atoms with Crippen molar-refractivity contribution >= 4 is 33.1 Å². The van der Waals surface area contributed by atoms with E-state index in [1.165, 1.54) is 6.07 Å². The van der Waals surface area contributed by atoms with Crippen LogP contribution < -0.4 is 4.72 Å². The zero-order valence-corrected chi connectivity index (χ0v) is 12.3. The molecule has 17 heavy (non-hydrogen) atoms. The normalized spacial score (nSPS) is 13.8. The molecule has 1 atom stereocenters. The first-order chi connectivity index (χ1) is 7.99. The molecule has 1 aromatic heterocycles. The average Bonchev–Trinajstić information content (AvgIpc) is 2.75. The molecule has 4 nitrogen and oxygen atoms in total. The highest BCUT2D eigenvalue weighted by molar-refractivity contribution is 7.99. The fourth-order valence-corrected chi connectivity index (χ4v) is 4.49. The molecule has 0 bridgehead atoms. The predicted molar refractivity (Wildman–Crippen MR) is 73.0 cm³/mol. The molecule has 1 aromatic rings. The molecule has 0 aliphatic heterocycles. The molecule has 0 amide bonds. The molecule has 0 saturated heterocycles. The van der Waals surface area contributed by atoms with Crippen LogP contribution in [0.5, 0.6) is 0 Å². The molecule has 0 aliphatic carbocycles. The molecule has 1 heterocycles. The lowest BCUT2D eigenvalue weighted by molar-refractivity contribution is 0.285. The summed E-state index contributed by atoms with van der Waals surface area (Å²) in [6.07, 6.45) is 0. The summed E-state index contributed by atoms with van der Waals surface area (Å²) in [5.74, 6) is 1.73. The Bertz CT molecular complexity index is 441. The Labute approximate surface area is 110 Å². The molecule has 0 aromatic carbocycles. The fraction of sp³-hybridized carbons (Fsp3) is 0.600. The van der Waals surface area contributed by atoms with Gasteiger partial charge in [0.05, 0.1) is 6.61 Å². The maximum absolute atomic E-state index is 11.9. The Morgan fingerprint density at radius 2 is 2.24 bits per heavy atom. The van der Waals surface area contributed by atoms with Crippen molar-refractivity contribution in [1.82, 2.24) is 4.72 Å². The minimum Gasteiger partial charge on any atom is -0.391 e. The van der Waals surface area contributed by atoms with E-state index >= 15 is 0 Å². The Hall–Kier alpha value is -0.0800. The van der Waals surface area contributed by atoms with E-state index in [1.807, 2.05) is 13.8 Å². The maximum Gasteiger partial charge on any atom is 0.250 e. The quantitative estimate of drug-likeness (QED) is 0.803. The third-order valence-corrected chi connectivity index (χ3v) is 6.28. The van der Waals surface area contributed by atoms with Crippen molar-refractivity contribution in [2.75, 3.05) is 11.5 Å². The van der Waals surface area contributed by atoms with E-state index < -0.39 is 10.0 Å². The minimum absolute atomic E-state index is 0.0929. The topological polar surface area (TPSA) is 66.4 Å². The van der Waals surface area contributed by atoms with E-state index in [9.17, 15) is 8.42 Å². The van der Waals surface area contributed by atoms with Crippen LogP contribution >= 0.6 is 23.1 Å². The van der Waals surface area contributed by atoms with Gasteiger partial charge in [0.25, 0.3) is 0 Å². The molecule has 2 N–H and O–H groups in total. The molecule has 0 saturated carbocycles. The lowest BCUT2D eigenvalue weighted by Crippen LogP contribution is -2.33. The lowest BCUT2D eigenvalue weighted by Gasteiger charge is -2.12. The van der Waals surface area contributed by atoms with Gasteiger partial charge in [-0.25, -0.2) is 13.1 Å². The molecule has 0 aliphatic rings. The van der Waals surface area contributed by atoms with Crippen LogP contribution in [0.2, 0.25) is 0 Å². The molecule has 0 radical (unpaired) electrons. The van der Waals surface area contributed by atoms with E-state index in [-0.39, 0.29) is 16.9 Å². The van der Waals surface area contributed by atoms with Crippen LogP contribution in [0.1, 0.15) is 18.7 Å². The second kappa shape index (κ2) is 6.75. The number of rotatable bonds is 7. The van der Waals surface area contributed by atoms with Crippen molar-refractivity contribution in [2.45, 2.75) is 30.7 Å². The van der Waals surface area contributed by atoms with Crippen molar-refractivity contribution in [3.63, 3.8) is 0 Å². The van der Waals surface area contributed by atoms with Gasteiger partial charge in [-0.2, -0.15) is 11.8 Å². The van der Waals surface area contributed by atoms with E-state index in [4.69, 9.17) is 5.11 Å². The van der Waals surface area contributed by atoms with Gasteiger partial charge in [0.1, 0.15) is 4.21 Å². The first kappa shape index (κ1) is 15.0. The third kappa shape index (κ3) is 4.59. The standard InChI is InChI=1S/C10H17NO3S3/c1-3-15-7-8(2)11-17(13,14)10-5-4-9(6-12)16-10/h4-5,8,11-12H,3,6-7H2,1-2H3. The van der Waals surface area contributed by atoms with Crippen LogP contribution in [0.25, 0.3) is 0 Å². The monoisotopic (exact) mass is 295 g/mol. The number of hydrogen-bond acceptors (Lipinski definition) is 5. The summed E-state index contributed by atoms with van der Waals surface area (Å²) < 4.78 is 26.8. The lowest BCUT2D eigenvalue weighted by atomic mass is 10.4. The average molecular weight is 295 g/mol. The Morgan fingerprint density at radius 1 is 1.53 bits per heavy atom. The van der Waals surface area contributed by atoms with Crippen LogP contribution in [0.3, 0.4) is 0 Å². The highest BCUT2D eigenvalue weighted by Crippen LogP contribution is 2.21. The van der Waals surface area contributed by atoms with Crippen molar-refractivity contribution in [2.24, 2.45) is 0 Å². The van der Waals surface area contributed by atoms with Crippen LogP contribution in [-0.2, 0) is 16.6 Å². The number of nitrogens with one attached hydrogen (secondary N) is 1. The molecular formula is C10H17NO3S3. The van der Waals surface area contributed by atoms with Gasteiger partial charge in [-0.3, -0.25) is 0 Å². The van der Waals surface area contributed by atoms with Crippen LogP contribution in [0.4, 0.5) is 0 Å².